The highest BCUT2D eigenvalue weighted by Gasteiger charge is 2.28. The van der Waals surface area contributed by atoms with Crippen molar-refractivity contribution < 1.29 is 23.9 Å². The molecule has 0 aromatic heterocycles. The van der Waals surface area contributed by atoms with Crippen molar-refractivity contribution in [1.29, 1.82) is 0 Å². The van der Waals surface area contributed by atoms with Crippen LogP contribution < -0.4 is 15.0 Å². The van der Waals surface area contributed by atoms with Gasteiger partial charge in [-0.05, 0) is 45.0 Å². The van der Waals surface area contributed by atoms with Gasteiger partial charge in [-0.15, -0.1) is 0 Å². The summed E-state index contributed by atoms with van der Waals surface area (Å²) in [4.78, 5) is 38.5. The highest BCUT2D eigenvalue weighted by molar-refractivity contribution is 6.05. The molecule has 0 spiro atoms. The van der Waals surface area contributed by atoms with Gasteiger partial charge in [0.1, 0.15) is 17.5 Å². The maximum absolute atomic E-state index is 12.1. The van der Waals surface area contributed by atoms with E-state index in [1.165, 1.54) is 4.90 Å². The highest BCUT2D eigenvalue weighted by atomic mass is 16.6. The Hall–Kier alpha value is -2.77. The fraction of sp³-hybridized carbons (Fsp3) is 0.550. The number of benzene rings is 1. The molecule has 2 heterocycles. The van der Waals surface area contributed by atoms with Crippen molar-refractivity contribution in [2.45, 2.75) is 51.7 Å². The molecule has 1 aromatic carbocycles. The molecule has 8 nitrogen and oxygen atoms in total. The maximum atomic E-state index is 12.1. The minimum Gasteiger partial charge on any atom is -0.490 e. The van der Waals surface area contributed by atoms with E-state index in [2.05, 4.69) is 5.32 Å². The summed E-state index contributed by atoms with van der Waals surface area (Å²) in [5.74, 6) is 0.465. The lowest BCUT2D eigenvalue weighted by Gasteiger charge is -2.33. The van der Waals surface area contributed by atoms with E-state index in [-0.39, 0.29) is 18.1 Å². The normalized spacial score (nSPS) is 18.7. The molecule has 2 saturated heterocycles. The lowest BCUT2D eigenvalue weighted by atomic mass is 10.1. The lowest BCUT2D eigenvalue weighted by Crippen LogP contribution is -2.49. The number of carbonyl (C=O) groups is 3. The Morgan fingerprint density at radius 3 is 2.29 bits per heavy atom. The van der Waals surface area contributed by atoms with E-state index < -0.39 is 11.6 Å². The number of nitrogens with one attached hydrogen (secondary N) is 1. The molecule has 28 heavy (non-hydrogen) atoms. The SMILES string of the molecule is CC(C)(C)OC(=O)N1CCC(Oc2ccc(N3CCC(=O)NC3=O)cc2)CC1. The number of anilines is 1. The van der Waals surface area contributed by atoms with Crippen LogP contribution in [0.25, 0.3) is 0 Å². The molecular weight excluding hydrogens is 362 g/mol. The van der Waals surface area contributed by atoms with Crippen molar-refractivity contribution in [1.82, 2.24) is 10.2 Å². The molecule has 0 bridgehead atoms. The molecule has 0 unspecified atom stereocenters. The Bertz CT molecular complexity index is 733. The molecule has 2 aliphatic heterocycles. The Labute approximate surface area is 164 Å². The van der Waals surface area contributed by atoms with Gasteiger partial charge in [0.25, 0.3) is 0 Å². The van der Waals surface area contributed by atoms with Crippen molar-refractivity contribution in [3.05, 3.63) is 24.3 Å². The number of imide groups is 1. The van der Waals surface area contributed by atoms with Crippen LogP contribution in [0, 0.1) is 0 Å². The van der Waals surface area contributed by atoms with Crippen molar-refractivity contribution >= 4 is 23.7 Å². The fourth-order valence-corrected chi connectivity index (χ4v) is 3.19. The zero-order chi connectivity index (χ0) is 20.3. The maximum Gasteiger partial charge on any atom is 0.410 e. The van der Waals surface area contributed by atoms with Crippen LogP contribution in [0.15, 0.2) is 24.3 Å². The Kier molecular flexibility index (Phi) is 5.76. The molecule has 3 rings (SSSR count). The van der Waals surface area contributed by atoms with Gasteiger partial charge in [-0.2, -0.15) is 0 Å². The summed E-state index contributed by atoms with van der Waals surface area (Å²) < 4.78 is 11.4. The first-order chi connectivity index (χ1) is 13.2. The van der Waals surface area contributed by atoms with Crippen molar-refractivity contribution in [3.8, 4) is 5.75 Å². The molecule has 2 fully saturated rings. The van der Waals surface area contributed by atoms with E-state index in [1.807, 2.05) is 32.9 Å². The number of hydrogen-bond acceptors (Lipinski definition) is 5. The Morgan fingerprint density at radius 2 is 1.71 bits per heavy atom. The average molecular weight is 389 g/mol. The second-order valence-electron chi connectivity index (χ2n) is 8.03. The predicted octanol–water partition coefficient (Wildman–Crippen LogP) is 2.91. The minimum atomic E-state index is -0.495. The van der Waals surface area contributed by atoms with Crippen molar-refractivity contribution in [2.75, 3.05) is 24.5 Å². The molecule has 1 aromatic rings. The molecule has 0 aliphatic carbocycles. The van der Waals surface area contributed by atoms with E-state index >= 15 is 0 Å². The van der Waals surface area contributed by atoms with E-state index in [0.29, 0.717) is 31.8 Å². The summed E-state index contributed by atoms with van der Waals surface area (Å²) in [6.07, 6.45) is 1.50. The third kappa shape index (κ3) is 5.15. The van der Waals surface area contributed by atoms with Gasteiger partial charge in [0, 0.05) is 44.6 Å². The van der Waals surface area contributed by atoms with Crippen LogP contribution in [-0.4, -0.2) is 54.3 Å². The molecule has 8 heteroatoms. The lowest BCUT2D eigenvalue weighted by molar-refractivity contribution is -0.120. The van der Waals surface area contributed by atoms with E-state index in [4.69, 9.17) is 9.47 Å². The fourth-order valence-electron chi connectivity index (χ4n) is 3.19. The van der Waals surface area contributed by atoms with E-state index in [0.717, 1.165) is 18.5 Å². The molecular formula is C20H27N3O5. The Morgan fingerprint density at radius 1 is 1.07 bits per heavy atom. The number of hydrogen-bond donors (Lipinski definition) is 1. The smallest absolute Gasteiger partial charge is 0.410 e. The van der Waals surface area contributed by atoms with Gasteiger partial charge < -0.3 is 14.4 Å². The molecule has 0 atom stereocenters. The van der Waals surface area contributed by atoms with Crippen molar-refractivity contribution in [3.63, 3.8) is 0 Å². The van der Waals surface area contributed by atoms with Gasteiger partial charge >= 0.3 is 12.1 Å². The first-order valence-corrected chi connectivity index (χ1v) is 9.57. The summed E-state index contributed by atoms with van der Waals surface area (Å²) in [5.41, 5.74) is 0.224. The van der Waals surface area contributed by atoms with Gasteiger partial charge in [0.05, 0.1) is 0 Å². The van der Waals surface area contributed by atoms with Crippen LogP contribution in [0.5, 0.6) is 5.75 Å². The van der Waals surface area contributed by atoms with Crippen LogP contribution in [0.4, 0.5) is 15.3 Å². The summed E-state index contributed by atoms with van der Waals surface area (Å²) in [6, 6.07) is 6.85. The van der Waals surface area contributed by atoms with E-state index in [1.54, 1.807) is 17.0 Å². The second-order valence-corrected chi connectivity index (χ2v) is 8.03. The zero-order valence-corrected chi connectivity index (χ0v) is 16.6. The highest BCUT2D eigenvalue weighted by Crippen LogP contribution is 2.24. The molecule has 4 amide bonds. The van der Waals surface area contributed by atoms with E-state index in [9.17, 15) is 14.4 Å². The largest absolute Gasteiger partial charge is 0.490 e. The quantitative estimate of drug-likeness (QED) is 0.859. The number of rotatable bonds is 3. The summed E-state index contributed by atoms with van der Waals surface area (Å²) in [5, 5.41) is 2.31. The van der Waals surface area contributed by atoms with Crippen LogP contribution in [0.2, 0.25) is 0 Å². The van der Waals surface area contributed by atoms with Crippen LogP contribution >= 0.6 is 0 Å². The molecule has 152 valence electrons. The number of carbonyl (C=O) groups excluding carboxylic acids is 3. The summed E-state index contributed by atoms with van der Waals surface area (Å²) >= 11 is 0. The third-order valence-corrected chi connectivity index (χ3v) is 4.60. The van der Waals surface area contributed by atoms with Gasteiger partial charge in [-0.25, -0.2) is 9.59 Å². The first-order valence-electron chi connectivity index (χ1n) is 9.57. The minimum absolute atomic E-state index is 0.0282. The monoisotopic (exact) mass is 389 g/mol. The van der Waals surface area contributed by atoms with Crippen LogP contribution in [-0.2, 0) is 9.53 Å². The number of nitrogens with zero attached hydrogens (tertiary/aromatic N) is 2. The van der Waals surface area contributed by atoms with Gasteiger partial charge in [0.2, 0.25) is 5.91 Å². The molecule has 1 N–H and O–H groups in total. The molecule has 0 saturated carbocycles. The predicted molar refractivity (Wildman–Crippen MR) is 103 cm³/mol. The number of amides is 4. The number of piperidine rings is 1. The van der Waals surface area contributed by atoms with Gasteiger partial charge in [-0.1, -0.05) is 0 Å². The van der Waals surface area contributed by atoms with Crippen molar-refractivity contribution in [2.24, 2.45) is 0 Å². The average Bonchev–Trinajstić information content (AvgIpc) is 2.62. The number of likely N-dealkylation sites (tertiary alicyclic amines) is 1. The molecule has 2 aliphatic rings. The standard InChI is InChI=1S/C20H27N3O5/c1-20(2,3)28-19(26)22-11-8-16(9-12-22)27-15-6-4-14(5-7-15)23-13-10-17(24)21-18(23)25/h4-7,16H,8-13H2,1-3H3,(H,21,24,25). The zero-order valence-electron chi connectivity index (χ0n) is 16.6. The number of ether oxygens (including phenoxy) is 2. The third-order valence-electron chi connectivity index (χ3n) is 4.60. The van der Waals surface area contributed by atoms with Crippen LogP contribution in [0.3, 0.4) is 0 Å². The summed E-state index contributed by atoms with van der Waals surface area (Å²) in [7, 11) is 0. The van der Waals surface area contributed by atoms with Crippen LogP contribution in [0.1, 0.15) is 40.0 Å². The number of urea groups is 1. The van der Waals surface area contributed by atoms with Gasteiger partial charge in [0.15, 0.2) is 0 Å². The summed E-state index contributed by atoms with van der Waals surface area (Å²) in [6.45, 7) is 7.13. The molecule has 0 radical (unpaired) electrons. The van der Waals surface area contributed by atoms with Gasteiger partial charge in [-0.3, -0.25) is 15.0 Å². The first kappa shape index (κ1) is 20.0. The second kappa shape index (κ2) is 8.08. The topological polar surface area (TPSA) is 88.2 Å². The Balaban J connectivity index is 1.50.